The molecule has 4 nitrogen and oxygen atoms in total. The molecule has 0 fully saturated rings. The van der Waals surface area contributed by atoms with E-state index in [2.05, 4.69) is 5.32 Å². The Balaban J connectivity index is 2.82. The highest BCUT2D eigenvalue weighted by atomic mass is 35.5. The van der Waals surface area contributed by atoms with Crippen LogP contribution in [0, 0.1) is 0 Å². The van der Waals surface area contributed by atoms with E-state index in [1.165, 1.54) is 0 Å². The van der Waals surface area contributed by atoms with Gasteiger partial charge in [0, 0.05) is 13.2 Å². The second-order valence-corrected chi connectivity index (χ2v) is 4.59. The molecule has 0 saturated carbocycles. The molecule has 2 N–H and O–H groups in total. The van der Waals surface area contributed by atoms with E-state index in [9.17, 15) is 4.79 Å². The fourth-order valence-corrected chi connectivity index (χ4v) is 1.41. The van der Waals surface area contributed by atoms with Crippen LogP contribution in [0.3, 0.4) is 0 Å². The Morgan fingerprint density at radius 2 is 2.27 bits per heavy atom. The topological polar surface area (TPSA) is 54.3 Å². The third-order valence-electron chi connectivity index (χ3n) is 2.05. The molecule has 0 radical (unpaired) electrons. The molecule has 1 rings (SSSR count). The van der Waals surface area contributed by atoms with Gasteiger partial charge in [-0.1, -0.05) is 11.6 Å². The van der Waals surface area contributed by atoms with Gasteiger partial charge in [0.25, 0.3) is 5.91 Å². The zero-order valence-electron chi connectivity index (χ0n) is 9.04. The maximum absolute atomic E-state index is 11.8. The van der Waals surface area contributed by atoms with Crippen LogP contribution in [0.25, 0.3) is 0 Å². The Bertz CT molecular complexity index is 371. The molecular formula is C10H15ClN2O2. The molecule has 0 bridgehead atoms. The second kappa shape index (κ2) is 4.24. The van der Waals surface area contributed by atoms with Crippen molar-refractivity contribution in [2.24, 2.45) is 7.05 Å². The Kier molecular flexibility index (Phi) is 3.42. The average molecular weight is 231 g/mol. The minimum Gasteiger partial charge on any atom is -0.394 e. The zero-order valence-corrected chi connectivity index (χ0v) is 9.80. The number of halogens is 1. The number of carbonyl (C=O) groups excluding carboxylic acids is 1. The lowest BCUT2D eigenvalue weighted by molar-refractivity contribution is 0.0861. The summed E-state index contributed by atoms with van der Waals surface area (Å²) in [6.45, 7) is 3.38. The SMILES string of the molecule is Cn1cc(Cl)cc1C(=O)NC(C)(C)CO. The van der Waals surface area contributed by atoms with Gasteiger partial charge in [-0.15, -0.1) is 0 Å². The molecule has 0 aliphatic rings. The summed E-state index contributed by atoms with van der Waals surface area (Å²) in [6.07, 6.45) is 1.66. The summed E-state index contributed by atoms with van der Waals surface area (Å²) in [5.74, 6) is -0.247. The summed E-state index contributed by atoms with van der Waals surface area (Å²) in [5.41, 5.74) is -0.157. The van der Waals surface area contributed by atoms with Gasteiger partial charge in [0.15, 0.2) is 0 Å². The summed E-state index contributed by atoms with van der Waals surface area (Å²) in [4.78, 5) is 11.8. The number of aliphatic hydroxyl groups is 1. The van der Waals surface area contributed by atoms with Gasteiger partial charge in [-0.05, 0) is 19.9 Å². The maximum atomic E-state index is 11.8. The molecule has 0 saturated heterocycles. The molecular weight excluding hydrogens is 216 g/mol. The molecule has 0 atom stereocenters. The summed E-state index contributed by atoms with van der Waals surface area (Å²) in [6, 6.07) is 1.59. The zero-order chi connectivity index (χ0) is 11.6. The molecule has 0 aromatic carbocycles. The number of hydrogen-bond acceptors (Lipinski definition) is 2. The predicted octanol–water partition coefficient (Wildman–Crippen LogP) is 1.18. The second-order valence-electron chi connectivity index (χ2n) is 4.15. The van der Waals surface area contributed by atoms with Crippen LogP contribution in [0.2, 0.25) is 5.02 Å². The van der Waals surface area contributed by atoms with Crippen LogP contribution in [0.15, 0.2) is 12.3 Å². The lowest BCUT2D eigenvalue weighted by Gasteiger charge is -2.23. The highest BCUT2D eigenvalue weighted by molar-refractivity contribution is 6.31. The largest absolute Gasteiger partial charge is 0.394 e. The number of nitrogens with one attached hydrogen (secondary N) is 1. The van der Waals surface area contributed by atoms with Crippen LogP contribution < -0.4 is 5.32 Å². The molecule has 1 amide bonds. The molecule has 0 unspecified atom stereocenters. The first-order valence-electron chi connectivity index (χ1n) is 4.61. The van der Waals surface area contributed by atoms with Gasteiger partial charge in [0.2, 0.25) is 0 Å². The third-order valence-corrected chi connectivity index (χ3v) is 2.26. The van der Waals surface area contributed by atoms with Crippen molar-refractivity contribution in [2.45, 2.75) is 19.4 Å². The van der Waals surface area contributed by atoms with Crippen LogP contribution in [-0.2, 0) is 7.05 Å². The molecule has 84 valence electrons. The summed E-state index contributed by atoms with van der Waals surface area (Å²) in [7, 11) is 1.74. The van der Waals surface area contributed by atoms with Crippen molar-refractivity contribution < 1.29 is 9.90 Å². The summed E-state index contributed by atoms with van der Waals surface area (Å²) >= 11 is 5.76. The fraction of sp³-hybridized carbons (Fsp3) is 0.500. The monoisotopic (exact) mass is 230 g/mol. The fourth-order valence-electron chi connectivity index (χ4n) is 1.16. The lowest BCUT2D eigenvalue weighted by atomic mass is 10.1. The number of rotatable bonds is 3. The first kappa shape index (κ1) is 12.1. The number of aliphatic hydroxyl groups excluding tert-OH is 1. The Labute approximate surface area is 93.8 Å². The number of carbonyl (C=O) groups is 1. The van der Waals surface area contributed by atoms with Crippen LogP contribution in [0.5, 0.6) is 0 Å². The smallest absolute Gasteiger partial charge is 0.268 e. The van der Waals surface area contributed by atoms with E-state index >= 15 is 0 Å². The number of aromatic nitrogens is 1. The molecule has 1 heterocycles. The molecule has 0 aliphatic carbocycles. The molecule has 0 spiro atoms. The molecule has 5 heteroatoms. The van der Waals surface area contributed by atoms with Crippen LogP contribution in [0.4, 0.5) is 0 Å². The minimum absolute atomic E-state index is 0.114. The van der Waals surface area contributed by atoms with Crippen molar-refractivity contribution >= 4 is 17.5 Å². The van der Waals surface area contributed by atoms with Gasteiger partial charge in [-0.2, -0.15) is 0 Å². The summed E-state index contributed by atoms with van der Waals surface area (Å²) in [5, 5.41) is 12.2. The van der Waals surface area contributed by atoms with Crippen LogP contribution in [0.1, 0.15) is 24.3 Å². The minimum atomic E-state index is -0.631. The Morgan fingerprint density at radius 1 is 1.67 bits per heavy atom. The van der Waals surface area contributed by atoms with Crippen LogP contribution >= 0.6 is 11.6 Å². The van der Waals surface area contributed by atoms with Gasteiger partial charge in [-0.25, -0.2) is 0 Å². The van der Waals surface area contributed by atoms with E-state index in [-0.39, 0.29) is 12.5 Å². The normalized spacial score (nSPS) is 11.5. The van der Waals surface area contributed by atoms with E-state index in [0.29, 0.717) is 10.7 Å². The van der Waals surface area contributed by atoms with Crippen molar-refractivity contribution in [3.63, 3.8) is 0 Å². The summed E-state index contributed by atoms with van der Waals surface area (Å²) < 4.78 is 1.64. The number of hydrogen-bond donors (Lipinski definition) is 2. The van der Waals surface area contributed by atoms with E-state index in [4.69, 9.17) is 16.7 Å². The third kappa shape index (κ3) is 2.97. The Hall–Kier alpha value is -1.00. The van der Waals surface area contributed by atoms with Crippen molar-refractivity contribution in [1.82, 2.24) is 9.88 Å². The van der Waals surface area contributed by atoms with Gasteiger partial charge in [-0.3, -0.25) is 4.79 Å². The van der Waals surface area contributed by atoms with Gasteiger partial charge in [0.1, 0.15) is 5.69 Å². The highest BCUT2D eigenvalue weighted by Crippen LogP contribution is 2.13. The van der Waals surface area contributed by atoms with Gasteiger partial charge < -0.3 is 15.0 Å². The maximum Gasteiger partial charge on any atom is 0.268 e. The molecule has 1 aromatic rings. The van der Waals surface area contributed by atoms with Crippen LogP contribution in [-0.4, -0.2) is 27.7 Å². The predicted molar refractivity (Wildman–Crippen MR) is 59.1 cm³/mol. The van der Waals surface area contributed by atoms with Crippen molar-refractivity contribution in [3.05, 3.63) is 23.0 Å². The lowest BCUT2D eigenvalue weighted by Crippen LogP contribution is -2.46. The van der Waals surface area contributed by atoms with Crippen molar-refractivity contribution in [3.8, 4) is 0 Å². The number of nitrogens with zero attached hydrogens (tertiary/aromatic N) is 1. The van der Waals surface area contributed by atoms with E-state index in [1.807, 2.05) is 0 Å². The first-order valence-corrected chi connectivity index (χ1v) is 4.99. The first-order chi connectivity index (χ1) is 6.85. The van der Waals surface area contributed by atoms with E-state index in [0.717, 1.165) is 0 Å². The standard InChI is InChI=1S/C10H15ClN2O2/c1-10(2,6-14)12-9(15)8-4-7(11)5-13(8)3/h4-5,14H,6H2,1-3H3,(H,12,15). The van der Waals surface area contributed by atoms with Gasteiger partial charge >= 0.3 is 0 Å². The average Bonchev–Trinajstić information content (AvgIpc) is 2.45. The molecule has 1 aromatic heterocycles. The highest BCUT2D eigenvalue weighted by Gasteiger charge is 2.21. The van der Waals surface area contributed by atoms with Gasteiger partial charge in [0.05, 0.1) is 17.2 Å². The quantitative estimate of drug-likeness (QED) is 0.819. The van der Waals surface area contributed by atoms with Crippen molar-refractivity contribution in [1.29, 1.82) is 0 Å². The Morgan fingerprint density at radius 3 is 2.67 bits per heavy atom. The number of aryl methyl sites for hydroxylation is 1. The van der Waals surface area contributed by atoms with E-state index in [1.54, 1.807) is 37.7 Å². The molecule has 0 aliphatic heterocycles. The van der Waals surface area contributed by atoms with E-state index < -0.39 is 5.54 Å². The van der Waals surface area contributed by atoms with Crippen molar-refractivity contribution in [2.75, 3.05) is 6.61 Å². The molecule has 15 heavy (non-hydrogen) atoms. The number of amides is 1.